The summed E-state index contributed by atoms with van der Waals surface area (Å²) in [6.45, 7) is 2.55. The van der Waals surface area contributed by atoms with Gasteiger partial charge in [-0.05, 0) is 17.7 Å². The Bertz CT molecular complexity index is 715. The molecule has 1 aliphatic heterocycles. The summed E-state index contributed by atoms with van der Waals surface area (Å²) in [5, 5.41) is 10.2. The maximum absolute atomic E-state index is 13.1. The number of rotatable bonds is 4. The third kappa shape index (κ3) is 4.36. The van der Waals surface area contributed by atoms with Gasteiger partial charge in [0.2, 0.25) is 5.69 Å². The quantitative estimate of drug-likeness (QED) is 0.854. The fourth-order valence-electron chi connectivity index (χ4n) is 2.46. The lowest BCUT2D eigenvalue weighted by Crippen LogP contribution is -2.44. The highest BCUT2D eigenvalue weighted by Gasteiger charge is 2.38. The minimum Gasteiger partial charge on any atom is -0.486 e. The molecule has 2 aromatic rings. The van der Waals surface area contributed by atoms with Crippen molar-refractivity contribution >= 4 is 5.82 Å². The Morgan fingerprint density at radius 1 is 1.08 bits per heavy atom. The summed E-state index contributed by atoms with van der Waals surface area (Å²) in [7, 11) is 0. The van der Waals surface area contributed by atoms with E-state index in [1.165, 1.54) is 30.3 Å². The van der Waals surface area contributed by atoms with Crippen molar-refractivity contribution in [2.24, 2.45) is 0 Å². The molecule has 0 atom stereocenters. The molecule has 25 heavy (non-hydrogen) atoms. The van der Waals surface area contributed by atoms with Crippen LogP contribution in [0.1, 0.15) is 11.3 Å². The Morgan fingerprint density at radius 3 is 2.40 bits per heavy atom. The van der Waals surface area contributed by atoms with Gasteiger partial charge in [0.15, 0.2) is 11.6 Å². The van der Waals surface area contributed by atoms with Crippen LogP contribution in [0.25, 0.3) is 0 Å². The Labute approximate surface area is 141 Å². The average molecular weight is 356 g/mol. The van der Waals surface area contributed by atoms with Crippen LogP contribution in [0.3, 0.4) is 0 Å². The molecular formula is C16H16F4N4O. The number of halogens is 4. The van der Waals surface area contributed by atoms with Gasteiger partial charge in [0.1, 0.15) is 12.4 Å². The lowest BCUT2D eigenvalue weighted by molar-refractivity contribution is -0.143. The van der Waals surface area contributed by atoms with E-state index < -0.39 is 17.7 Å². The first kappa shape index (κ1) is 17.4. The molecule has 0 aliphatic carbocycles. The maximum Gasteiger partial charge on any atom is 0.438 e. The van der Waals surface area contributed by atoms with E-state index in [2.05, 4.69) is 15.5 Å². The molecule has 134 valence electrons. The molecular weight excluding hydrogens is 340 g/mol. The summed E-state index contributed by atoms with van der Waals surface area (Å²) in [6.07, 6.45) is -4.67. The van der Waals surface area contributed by atoms with Crippen LogP contribution in [0.4, 0.5) is 23.4 Å². The van der Waals surface area contributed by atoms with Crippen molar-refractivity contribution in [2.75, 3.05) is 31.1 Å². The van der Waals surface area contributed by atoms with Gasteiger partial charge in [-0.25, -0.2) is 4.39 Å². The fraction of sp³-hybridized carbons (Fsp3) is 0.375. The van der Waals surface area contributed by atoms with E-state index >= 15 is 0 Å². The lowest BCUT2D eigenvalue weighted by atomic mass is 10.2. The molecule has 0 radical (unpaired) electrons. The van der Waals surface area contributed by atoms with Crippen molar-refractivity contribution < 1.29 is 22.3 Å². The van der Waals surface area contributed by atoms with Crippen molar-refractivity contribution in [2.45, 2.75) is 12.8 Å². The molecule has 1 fully saturated rings. The monoisotopic (exact) mass is 356 g/mol. The molecule has 5 nitrogen and oxygen atoms in total. The molecule has 9 heteroatoms. The van der Waals surface area contributed by atoms with Gasteiger partial charge in [-0.15, -0.1) is 10.2 Å². The van der Waals surface area contributed by atoms with Crippen LogP contribution < -0.4 is 15.0 Å². The minimum absolute atomic E-state index is 0.129. The number of alkyl halides is 3. The molecule has 1 N–H and O–H groups in total. The number of nitrogens with zero attached hydrogens (tertiary/aromatic N) is 3. The van der Waals surface area contributed by atoms with Crippen molar-refractivity contribution in [3.8, 4) is 5.75 Å². The van der Waals surface area contributed by atoms with Crippen LogP contribution in [0, 0.1) is 5.82 Å². The van der Waals surface area contributed by atoms with Crippen LogP contribution in [0.15, 0.2) is 30.3 Å². The first-order valence-corrected chi connectivity index (χ1v) is 7.71. The third-order valence-corrected chi connectivity index (χ3v) is 3.76. The van der Waals surface area contributed by atoms with Gasteiger partial charge in [-0.3, -0.25) is 0 Å². The average Bonchev–Trinajstić information content (AvgIpc) is 2.61. The summed E-state index contributed by atoms with van der Waals surface area (Å²) >= 11 is 0. The first-order valence-electron chi connectivity index (χ1n) is 7.71. The van der Waals surface area contributed by atoms with Crippen LogP contribution in [0.2, 0.25) is 0 Å². The molecule has 0 bridgehead atoms. The van der Waals surface area contributed by atoms with E-state index in [0.717, 1.165) is 0 Å². The first-order chi connectivity index (χ1) is 11.9. The predicted octanol–water partition coefficient (Wildman–Crippen LogP) is 2.62. The highest BCUT2D eigenvalue weighted by Crippen LogP contribution is 2.36. The number of ether oxygens (including phenoxy) is 1. The summed E-state index contributed by atoms with van der Waals surface area (Å²) < 4.78 is 57.7. The molecule has 1 aromatic carbocycles. The normalized spacial score (nSPS) is 15.3. The van der Waals surface area contributed by atoms with E-state index in [9.17, 15) is 17.6 Å². The topological polar surface area (TPSA) is 50.3 Å². The van der Waals surface area contributed by atoms with Crippen molar-refractivity contribution in [3.63, 3.8) is 0 Å². The zero-order valence-electron chi connectivity index (χ0n) is 13.2. The summed E-state index contributed by atoms with van der Waals surface area (Å²) in [4.78, 5) is 1.84. The molecule has 1 aromatic heterocycles. The SMILES string of the molecule is Fc1ccc(COc2cc(N3CCNCC3)nnc2C(F)(F)F)cc1. The summed E-state index contributed by atoms with van der Waals surface area (Å²) in [6, 6.07) is 6.61. The number of anilines is 1. The van der Waals surface area contributed by atoms with Crippen LogP contribution in [0.5, 0.6) is 5.75 Å². The molecule has 1 saturated heterocycles. The summed E-state index contributed by atoms with van der Waals surface area (Å²) in [5.41, 5.74) is -0.622. The summed E-state index contributed by atoms with van der Waals surface area (Å²) in [5.74, 6) is -0.477. The molecule has 2 heterocycles. The highest BCUT2D eigenvalue weighted by molar-refractivity contribution is 5.45. The Hall–Kier alpha value is -2.42. The maximum atomic E-state index is 13.1. The van der Waals surface area contributed by atoms with Crippen molar-refractivity contribution in [3.05, 3.63) is 47.4 Å². The second-order valence-electron chi connectivity index (χ2n) is 5.57. The lowest BCUT2D eigenvalue weighted by Gasteiger charge is -2.28. The Balaban J connectivity index is 1.83. The number of hydrogen-bond acceptors (Lipinski definition) is 5. The van der Waals surface area contributed by atoms with Gasteiger partial charge in [-0.1, -0.05) is 12.1 Å². The van der Waals surface area contributed by atoms with Crippen molar-refractivity contribution in [1.82, 2.24) is 15.5 Å². The molecule has 0 spiro atoms. The number of nitrogens with one attached hydrogen (secondary N) is 1. The van der Waals surface area contributed by atoms with E-state index in [-0.39, 0.29) is 12.4 Å². The number of hydrogen-bond donors (Lipinski definition) is 1. The zero-order chi connectivity index (χ0) is 17.9. The largest absolute Gasteiger partial charge is 0.486 e. The van der Waals surface area contributed by atoms with Crippen molar-refractivity contribution in [1.29, 1.82) is 0 Å². The van der Waals surface area contributed by atoms with Gasteiger partial charge >= 0.3 is 6.18 Å². The predicted molar refractivity (Wildman–Crippen MR) is 82.8 cm³/mol. The fourth-order valence-corrected chi connectivity index (χ4v) is 2.46. The molecule has 0 saturated carbocycles. The zero-order valence-corrected chi connectivity index (χ0v) is 13.2. The van der Waals surface area contributed by atoms with E-state index in [1.807, 2.05) is 4.90 Å². The van der Waals surface area contributed by atoms with Gasteiger partial charge in [0.05, 0.1) is 0 Å². The standard InChI is InChI=1S/C16H16F4N4O/c17-12-3-1-11(2-4-12)10-25-13-9-14(24-7-5-21-6-8-24)22-23-15(13)16(18,19)20/h1-4,9,21H,5-8,10H2. The Kier molecular flexibility index (Phi) is 5.03. The Morgan fingerprint density at radius 2 is 1.76 bits per heavy atom. The molecule has 0 amide bonds. The highest BCUT2D eigenvalue weighted by atomic mass is 19.4. The van der Waals surface area contributed by atoms with Crippen LogP contribution in [-0.2, 0) is 12.8 Å². The molecule has 1 aliphatic rings. The second kappa shape index (κ2) is 7.22. The number of benzene rings is 1. The minimum atomic E-state index is -4.67. The van der Waals surface area contributed by atoms with Gasteiger partial charge < -0.3 is 15.0 Å². The van der Waals surface area contributed by atoms with E-state index in [4.69, 9.17) is 4.74 Å². The van der Waals surface area contributed by atoms with Gasteiger partial charge in [0.25, 0.3) is 0 Å². The smallest absolute Gasteiger partial charge is 0.438 e. The molecule has 0 unspecified atom stereocenters. The van der Waals surface area contributed by atoms with Gasteiger partial charge in [-0.2, -0.15) is 13.2 Å². The van der Waals surface area contributed by atoms with Gasteiger partial charge in [0, 0.05) is 32.2 Å². The third-order valence-electron chi connectivity index (χ3n) is 3.76. The molecule has 3 rings (SSSR count). The number of aromatic nitrogens is 2. The van der Waals surface area contributed by atoms with E-state index in [0.29, 0.717) is 37.6 Å². The van der Waals surface area contributed by atoms with Crippen LogP contribution >= 0.6 is 0 Å². The number of piperazine rings is 1. The second-order valence-corrected chi connectivity index (χ2v) is 5.57. The van der Waals surface area contributed by atoms with Crippen LogP contribution in [-0.4, -0.2) is 36.4 Å². The van der Waals surface area contributed by atoms with E-state index in [1.54, 1.807) is 0 Å².